The van der Waals surface area contributed by atoms with Gasteiger partial charge < -0.3 is 9.73 Å². The molecule has 1 aromatic heterocycles. The summed E-state index contributed by atoms with van der Waals surface area (Å²) in [5, 5.41) is 3.78. The van der Waals surface area contributed by atoms with Crippen molar-refractivity contribution in [2.75, 3.05) is 12.4 Å². The molecule has 0 aliphatic carbocycles. The molecule has 3 amide bonds. The van der Waals surface area contributed by atoms with Crippen molar-refractivity contribution in [1.29, 1.82) is 0 Å². The molecule has 1 fully saturated rings. The Morgan fingerprint density at radius 1 is 1.26 bits per heavy atom. The third kappa shape index (κ3) is 3.95. The molecule has 2 N–H and O–H groups in total. The molecular weight excluding hydrogens is 375 g/mol. The Kier molecular flexibility index (Phi) is 5.17. The van der Waals surface area contributed by atoms with E-state index in [4.69, 9.17) is 16.6 Å². The van der Waals surface area contributed by atoms with Crippen molar-refractivity contribution in [3.05, 3.63) is 54.2 Å². The number of likely N-dealkylation sites (N-methyl/N-ethyl adjacent to an activating group) is 1. The minimum atomic E-state index is -1.01. The maximum absolute atomic E-state index is 12.9. The third-order valence-electron chi connectivity index (χ3n) is 3.89. The van der Waals surface area contributed by atoms with Crippen molar-refractivity contribution < 1.29 is 23.2 Å². The van der Waals surface area contributed by atoms with E-state index in [0.29, 0.717) is 5.69 Å². The maximum Gasteiger partial charge on any atom is 0.305 e. The molecule has 0 spiro atoms. The summed E-state index contributed by atoms with van der Waals surface area (Å²) >= 11 is 5.17. The minimum absolute atomic E-state index is 0.0364. The Morgan fingerprint density at radius 2 is 1.96 bits per heavy atom. The monoisotopic (exact) mass is 390 g/mol. The Hall–Kier alpha value is -3.27. The molecule has 8 nitrogen and oxygen atoms in total. The first-order valence-corrected chi connectivity index (χ1v) is 8.28. The minimum Gasteiger partial charge on any atom is -0.459 e. The Balaban J connectivity index is 1.71. The number of nitrogens with zero attached hydrogens (tertiary/aromatic N) is 2. The van der Waals surface area contributed by atoms with E-state index in [-0.39, 0.29) is 17.3 Å². The van der Waals surface area contributed by atoms with Crippen LogP contribution < -0.4 is 10.7 Å². The lowest BCUT2D eigenvalue weighted by molar-refractivity contribution is -0.130. The van der Waals surface area contributed by atoms with Crippen molar-refractivity contribution in [1.82, 2.24) is 15.3 Å². The lowest BCUT2D eigenvalue weighted by Crippen LogP contribution is -2.49. The molecule has 1 atom stereocenters. The third-order valence-corrected chi connectivity index (χ3v) is 4.36. The fourth-order valence-electron chi connectivity index (χ4n) is 2.52. The van der Waals surface area contributed by atoms with Gasteiger partial charge >= 0.3 is 5.91 Å². The summed E-state index contributed by atoms with van der Waals surface area (Å²) < 4.78 is 18.0. The van der Waals surface area contributed by atoms with E-state index in [0.717, 1.165) is 5.01 Å². The molecule has 1 aliphatic heterocycles. The summed E-state index contributed by atoms with van der Waals surface area (Å²) in [4.78, 5) is 38.1. The second-order valence-corrected chi connectivity index (χ2v) is 6.11. The SMILES string of the molecule is CN1C(=O)C(CC(=O)Nc2ccc(F)cc2)N(NC(=O)c2ccco2)C1=S. The van der Waals surface area contributed by atoms with Crippen molar-refractivity contribution in [3.63, 3.8) is 0 Å². The molecule has 1 aromatic carbocycles. The van der Waals surface area contributed by atoms with Gasteiger partial charge in [0, 0.05) is 12.7 Å². The van der Waals surface area contributed by atoms with Crippen LogP contribution in [0.2, 0.25) is 0 Å². The van der Waals surface area contributed by atoms with E-state index in [1.165, 1.54) is 48.5 Å². The summed E-state index contributed by atoms with van der Waals surface area (Å²) in [6.45, 7) is 0. The highest BCUT2D eigenvalue weighted by Crippen LogP contribution is 2.19. The van der Waals surface area contributed by atoms with Gasteiger partial charge in [-0.2, -0.15) is 0 Å². The number of hydrogen-bond donors (Lipinski definition) is 2. The molecule has 0 radical (unpaired) electrons. The van der Waals surface area contributed by atoms with Crippen LogP contribution in [0.5, 0.6) is 0 Å². The Labute approximate surface area is 158 Å². The fourth-order valence-corrected chi connectivity index (χ4v) is 2.78. The van der Waals surface area contributed by atoms with Gasteiger partial charge in [-0.3, -0.25) is 24.7 Å². The number of halogens is 1. The van der Waals surface area contributed by atoms with Crippen molar-refractivity contribution in [2.24, 2.45) is 0 Å². The van der Waals surface area contributed by atoms with Crippen LogP contribution in [0.25, 0.3) is 0 Å². The number of benzene rings is 1. The van der Waals surface area contributed by atoms with Crippen LogP contribution in [0, 0.1) is 5.82 Å². The van der Waals surface area contributed by atoms with Crippen molar-refractivity contribution in [2.45, 2.75) is 12.5 Å². The maximum atomic E-state index is 12.9. The number of furan rings is 1. The molecule has 10 heteroatoms. The van der Waals surface area contributed by atoms with E-state index in [9.17, 15) is 18.8 Å². The zero-order chi connectivity index (χ0) is 19.6. The molecule has 1 saturated heterocycles. The van der Waals surface area contributed by atoms with Gasteiger partial charge in [0.1, 0.15) is 11.9 Å². The quantitative estimate of drug-likeness (QED) is 0.752. The summed E-state index contributed by atoms with van der Waals surface area (Å²) in [6.07, 6.45) is 1.07. The van der Waals surface area contributed by atoms with E-state index < -0.39 is 29.6 Å². The molecule has 0 bridgehead atoms. The normalized spacial score (nSPS) is 16.6. The number of anilines is 1. The fraction of sp³-hybridized carbons (Fsp3) is 0.176. The average molecular weight is 390 g/mol. The zero-order valence-electron chi connectivity index (χ0n) is 14.1. The topological polar surface area (TPSA) is 94.9 Å². The smallest absolute Gasteiger partial charge is 0.305 e. The number of amides is 3. The molecule has 27 heavy (non-hydrogen) atoms. The molecule has 2 aromatic rings. The van der Waals surface area contributed by atoms with Crippen LogP contribution >= 0.6 is 12.2 Å². The van der Waals surface area contributed by atoms with Gasteiger partial charge in [0.2, 0.25) is 5.91 Å². The molecule has 1 aliphatic rings. The van der Waals surface area contributed by atoms with Gasteiger partial charge in [-0.05, 0) is 48.6 Å². The Morgan fingerprint density at radius 3 is 2.59 bits per heavy atom. The summed E-state index contributed by atoms with van der Waals surface area (Å²) in [5.74, 6) is -1.93. The zero-order valence-corrected chi connectivity index (χ0v) is 15.0. The predicted octanol–water partition coefficient (Wildman–Crippen LogP) is 1.52. The Bertz CT molecular complexity index is 885. The van der Waals surface area contributed by atoms with Crippen LogP contribution in [-0.4, -0.2) is 45.8 Å². The van der Waals surface area contributed by atoms with Gasteiger partial charge in [0.15, 0.2) is 10.9 Å². The molecule has 3 rings (SSSR count). The summed E-state index contributed by atoms with van der Waals surface area (Å²) in [6, 6.07) is 7.19. The summed E-state index contributed by atoms with van der Waals surface area (Å²) in [5.41, 5.74) is 2.87. The van der Waals surface area contributed by atoms with E-state index in [1.54, 1.807) is 6.07 Å². The molecule has 1 unspecified atom stereocenters. The number of hydrogen-bond acceptors (Lipinski definition) is 5. The molecular formula is C17H15FN4O4S. The largest absolute Gasteiger partial charge is 0.459 e. The molecule has 2 heterocycles. The predicted molar refractivity (Wildman–Crippen MR) is 96.8 cm³/mol. The highest BCUT2D eigenvalue weighted by molar-refractivity contribution is 7.80. The molecule has 140 valence electrons. The first-order valence-electron chi connectivity index (χ1n) is 7.87. The number of carbonyl (C=O) groups is 3. The first kappa shape index (κ1) is 18.5. The number of nitrogens with one attached hydrogen (secondary N) is 2. The van der Waals surface area contributed by atoms with E-state index >= 15 is 0 Å². The van der Waals surface area contributed by atoms with Gasteiger partial charge in [0.05, 0.1) is 12.7 Å². The number of hydrazine groups is 1. The average Bonchev–Trinajstić information content (AvgIpc) is 3.24. The van der Waals surface area contributed by atoms with Crippen LogP contribution in [0.15, 0.2) is 47.1 Å². The highest BCUT2D eigenvalue weighted by Gasteiger charge is 2.43. The van der Waals surface area contributed by atoms with E-state index in [1.807, 2.05) is 0 Å². The second kappa shape index (κ2) is 7.54. The second-order valence-electron chi connectivity index (χ2n) is 5.74. The van der Waals surface area contributed by atoms with E-state index in [2.05, 4.69) is 10.7 Å². The van der Waals surface area contributed by atoms with Gasteiger partial charge in [-0.15, -0.1) is 0 Å². The lowest BCUT2D eigenvalue weighted by Gasteiger charge is -2.23. The number of carbonyl (C=O) groups excluding carboxylic acids is 3. The van der Waals surface area contributed by atoms with Crippen LogP contribution in [0.1, 0.15) is 17.0 Å². The van der Waals surface area contributed by atoms with Crippen LogP contribution in [0.4, 0.5) is 10.1 Å². The first-order chi connectivity index (χ1) is 12.9. The summed E-state index contributed by atoms with van der Waals surface area (Å²) in [7, 11) is 1.45. The van der Waals surface area contributed by atoms with Crippen LogP contribution in [-0.2, 0) is 9.59 Å². The van der Waals surface area contributed by atoms with Crippen molar-refractivity contribution in [3.8, 4) is 0 Å². The number of thiocarbonyl (C=S) groups is 1. The van der Waals surface area contributed by atoms with Gasteiger partial charge in [-0.1, -0.05) is 0 Å². The van der Waals surface area contributed by atoms with Crippen molar-refractivity contribution >= 4 is 40.7 Å². The standard InChI is InChI=1S/C17H15FN4O4S/c1-21-16(25)12(9-14(23)19-11-6-4-10(18)5-7-11)22(17(21)27)20-15(24)13-3-2-8-26-13/h2-8,12H,9H2,1H3,(H,19,23)(H,20,24). The lowest BCUT2D eigenvalue weighted by atomic mass is 10.2. The van der Waals surface area contributed by atoms with Gasteiger partial charge in [0.25, 0.3) is 5.91 Å². The number of rotatable bonds is 5. The molecule has 0 saturated carbocycles. The van der Waals surface area contributed by atoms with Gasteiger partial charge in [-0.25, -0.2) is 9.40 Å². The van der Waals surface area contributed by atoms with Crippen LogP contribution in [0.3, 0.4) is 0 Å². The highest BCUT2D eigenvalue weighted by atomic mass is 32.1.